The van der Waals surface area contributed by atoms with E-state index >= 15 is 0 Å². The number of carboxylic acids is 1. The van der Waals surface area contributed by atoms with Crippen LogP contribution in [0.25, 0.3) is 10.9 Å². The van der Waals surface area contributed by atoms with Crippen molar-refractivity contribution in [1.29, 1.82) is 0 Å². The van der Waals surface area contributed by atoms with Crippen LogP contribution in [0.15, 0.2) is 22.7 Å². The predicted molar refractivity (Wildman–Crippen MR) is 66.4 cm³/mol. The molecule has 1 heterocycles. The highest BCUT2D eigenvalue weighted by atomic mass is 79.9. The second-order valence-electron chi connectivity index (χ2n) is 3.06. The number of hydrogen-bond donors (Lipinski definition) is 1. The summed E-state index contributed by atoms with van der Waals surface area (Å²) in [6, 6.07) is 5.19. The summed E-state index contributed by atoms with van der Waals surface area (Å²) in [7, 11) is 0. The van der Waals surface area contributed by atoms with Crippen LogP contribution in [0.1, 0.15) is 10.4 Å². The monoisotopic (exact) mass is 319 g/mol. The molecule has 2 aromatic rings. The number of hydrogen-bond acceptors (Lipinski definition) is 2. The molecule has 1 aromatic carbocycles. The summed E-state index contributed by atoms with van der Waals surface area (Å²) < 4.78 is 0.794. The summed E-state index contributed by atoms with van der Waals surface area (Å²) in [6.07, 6.45) is 0. The predicted octanol–water partition coefficient (Wildman–Crippen LogP) is 4.00. The molecule has 0 atom stereocenters. The highest BCUT2D eigenvalue weighted by Crippen LogP contribution is 2.32. The molecule has 3 nitrogen and oxygen atoms in total. The molecule has 0 aliphatic rings. The van der Waals surface area contributed by atoms with E-state index in [0.29, 0.717) is 10.9 Å². The fourth-order valence-electron chi connectivity index (χ4n) is 1.35. The quantitative estimate of drug-likeness (QED) is 0.808. The number of aromatic carboxylic acids is 1. The van der Waals surface area contributed by atoms with Gasteiger partial charge < -0.3 is 5.11 Å². The number of nitrogens with zero attached hydrogens (tertiary/aromatic N) is 1. The zero-order chi connectivity index (χ0) is 11.9. The topological polar surface area (TPSA) is 50.2 Å². The maximum absolute atomic E-state index is 11.0. The number of fused-ring (bicyclic) bond motifs is 1. The first kappa shape index (κ1) is 11.6. The van der Waals surface area contributed by atoms with Gasteiger partial charge in [0.05, 0.1) is 10.5 Å². The van der Waals surface area contributed by atoms with E-state index in [1.165, 1.54) is 0 Å². The Bertz CT molecular complexity index is 601. The van der Waals surface area contributed by atoms with Crippen LogP contribution in [-0.2, 0) is 0 Å². The van der Waals surface area contributed by atoms with Crippen molar-refractivity contribution >= 4 is 56.0 Å². The third kappa shape index (κ3) is 1.88. The molecule has 2 rings (SSSR count). The Morgan fingerprint density at radius 3 is 2.69 bits per heavy atom. The largest absolute Gasteiger partial charge is 0.478 e. The fraction of sp³-hybridized carbons (Fsp3) is 0. The van der Waals surface area contributed by atoms with E-state index in [2.05, 4.69) is 20.9 Å². The standard InChI is InChI=1S/C10H4BrCl2NO2/c11-4-1-2-6-5(3-4)8(12)7(10(15)16)9(13)14-6/h1-3H,(H,15,16). The van der Waals surface area contributed by atoms with Crippen LogP contribution in [0, 0.1) is 0 Å². The summed E-state index contributed by atoms with van der Waals surface area (Å²) in [5.41, 5.74) is 0.386. The summed E-state index contributed by atoms with van der Waals surface area (Å²) >= 11 is 15.0. The van der Waals surface area contributed by atoms with E-state index in [0.717, 1.165) is 4.47 Å². The van der Waals surface area contributed by atoms with Crippen LogP contribution < -0.4 is 0 Å². The molecule has 0 bridgehead atoms. The number of pyridine rings is 1. The average Bonchev–Trinajstić information content (AvgIpc) is 2.19. The van der Waals surface area contributed by atoms with Gasteiger partial charge in [0.25, 0.3) is 0 Å². The molecule has 0 aliphatic carbocycles. The Labute approximate surface area is 109 Å². The second kappa shape index (κ2) is 4.20. The van der Waals surface area contributed by atoms with E-state index in [1.807, 2.05) is 0 Å². The molecule has 6 heteroatoms. The summed E-state index contributed by atoms with van der Waals surface area (Å²) in [6.45, 7) is 0. The zero-order valence-corrected chi connectivity index (χ0v) is 10.8. The minimum absolute atomic E-state index is 0.101. The Kier molecular flexibility index (Phi) is 3.06. The molecule has 16 heavy (non-hydrogen) atoms. The molecule has 82 valence electrons. The van der Waals surface area contributed by atoms with Crippen molar-refractivity contribution in [3.63, 3.8) is 0 Å². The van der Waals surface area contributed by atoms with E-state index in [1.54, 1.807) is 18.2 Å². The molecular formula is C10H4BrCl2NO2. The summed E-state index contributed by atoms with van der Waals surface area (Å²) in [5, 5.41) is 9.50. The highest BCUT2D eigenvalue weighted by Gasteiger charge is 2.18. The molecule has 0 unspecified atom stereocenters. The SMILES string of the molecule is O=C(O)c1c(Cl)nc2ccc(Br)cc2c1Cl. The molecule has 1 N–H and O–H groups in total. The first-order chi connectivity index (χ1) is 7.50. The van der Waals surface area contributed by atoms with Gasteiger partial charge in [-0.2, -0.15) is 0 Å². The number of carbonyl (C=O) groups is 1. The van der Waals surface area contributed by atoms with Crippen LogP contribution in [0.5, 0.6) is 0 Å². The Hall–Kier alpha value is -0.840. The van der Waals surface area contributed by atoms with Crippen LogP contribution in [0.4, 0.5) is 0 Å². The summed E-state index contributed by atoms with van der Waals surface area (Å²) in [5.74, 6) is -1.19. The van der Waals surface area contributed by atoms with Gasteiger partial charge in [0, 0.05) is 9.86 Å². The molecule has 0 aliphatic heterocycles. The Morgan fingerprint density at radius 1 is 1.38 bits per heavy atom. The number of aromatic nitrogens is 1. The third-order valence-electron chi connectivity index (χ3n) is 2.05. The maximum Gasteiger partial charge on any atom is 0.340 e. The molecule has 0 radical (unpaired) electrons. The van der Waals surface area contributed by atoms with Crippen LogP contribution in [-0.4, -0.2) is 16.1 Å². The van der Waals surface area contributed by atoms with Crippen molar-refractivity contribution in [3.8, 4) is 0 Å². The molecule has 0 amide bonds. The molecule has 0 spiro atoms. The van der Waals surface area contributed by atoms with Gasteiger partial charge >= 0.3 is 5.97 Å². The van der Waals surface area contributed by atoms with Crippen molar-refractivity contribution in [1.82, 2.24) is 4.98 Å². The van der Waals surface area contributed by atoms with Crippen molar-refractivity contribution < 1.29 is 9.90 Å². The smallest absolute Gasteiger partial charge is 0.340 e. The van der Waals surface area contributed by atoms with Gasteiger partial charge in [-0.05, 0) is 18.2 Å². The zero-order valence-electron chi connectivity index (χ0n) is 7.67. The lowest BCUT2D eigenvalue weighted by molar-refractivity contribution is 0.0697. The van der Waals surface area contributed by atoms with Gasteiger partial charge in [0.1, 0.15) is 10.7 Å². The van der Waals surface area contributed by atoms with Gasteiger partial charge in [-0.15, -0.1) is 0 Å². The van der Waals surface area contributed by atoms with Gasteiger partial charge in [0.2, 0.25) is 0 Å². The normalized spacial score (nSPS) is 10.7. The maximum atomic E-state index is 11.0. The van der Waals surface area contributed by atoms with Gasteiger partial charge in [-0.1, -0.05) is 39.1 Å². The Balaban J connectivity index is 2.90. The lowest BCUT2D eigenvalue weighted by Crippen LogP contribution is -2.01. The van der Waals surface area contributed by atoms with Crippen LogP contribution >= 0.6 is 39.1 Å². The molecule has 0 saturated heterocycles. The molecule has 1 aromatic heterocycles. The third-order valence-corrected chi connectivity index (χ3v) is 3.21. The van der Waals surface area contributed by atoms with Crippen LogP contribution in [0.3, 0.4) is 0 Å². The number of benzene rings is 1. The number of rotatable bonds is 1. The fourth-order valence-corrected chi connectivity index (χ4v) is 2.35. The molecule has 0 saturated carbocycles. The van der Waals surface area contributed by atoms with Crippen LogP contribution in [0.2, 0.25) is 10.2 Å². The first-order valence-electron chi connectivity index (χ1n) is 4.18. The van der Waals surface area contributed by atoms with Crippen molar-refractivity contribution in [2.24, 2.45) is 0 Å². The first-order valence-corrected chi connectivity index (χ1v) is 5.73. The molecular weight excluding hydrogens is 317 g/mol. The minimum Gasteiger partial charge on any atom is -0.478 e. The lowest BCUT2D eigenvalue weighted by Gasteiger charge is -2.06. The van der Waals surface area contributed by atoms with Gasteiger partial charge in [-0.25, -0.2) is 9.78 Å². The van der Waals surface area contributed by atoms with Crippen molar-refractivity contribution in [3.05, 3.63) is 38.4 Å². The van der Waals surface area contributed by atoms with E-state index in [9.17, 15) is 4.79 Å². The minimum atomic E-state index is -1.19. The van der Waals surface area contributed by atoms with E-state index in [-0.39, 0.29) is 15.7 Å². The van der Waals surface area contributed by atoms with Crippen molar-refractivity contribution in [2.45, 2.75) is 0 Å². The van der Waals surface area contributed by atoms with E-state index < -0.39 is 5.97 Å². The highest BCUT2D eigenvalue weighted by molar-refractivity contribution is 9.10. The summed E-state index contributed by atoms with van der Waals surface area (Å²) in [4.78, 5) is 14.9. The second-order valence-corrected chi connectivity index (χ2v) is 4.71. The molecule has 0 fully saturated rings. The van der Waals surface area contributed by atoms with Gasteiger partial charge in [0.15, 0.2) is 0 Å². The Morgan fingerprint density at radius 2 is 2.06 bits per heavy atom. The lowest BCUT2D eigenvalue weighted by atomic mass is 10.1. The van der Waals surface area contributed by atoms with Crippen molar-refractivity contribution in [2.75, 3.05) is 0 Å². The number of carboxylic acid groups (broad SMARTS) is 1. The average molecular weight is 321 g/mol. The number of halogens is 3. The van der Waals surface area contributed by atoms with Gasteiger partial charge in [-0.3, -0.25) is 0 Å². The van der Waals surface area contributed by atoms with E-state index in [4.69, 9.17) is 28.3 Å².